The van der Waals surface area contributed by atoms with E-state index in [1.807, 2.05) is 18.2 Å². The van der Waals surface area contributed by atoms with Gasteiger partial charge in [-0.2, -0.15) is 4.39 Å². The number of nitrogens with zero attached hydrogens (tertiary/aromatic N) is 1. The van der Waals surface area contributed by atoms with Gasteiger partial charge in [-0.05, 0) is 36.2 Å². The van der Waals surface area contributed by atoms with Gasteiger partial charge in [0.2, 0.25) is 5.95 Å². The zero-order valence-corrected chi connectivity index (χ0v) is 11.5. The summed E-state index contributed by atoms with van der Waals surface area (Å²) < 4.78 is 13.8. The van der Waals surface area contributed by atoms with Gasteiger partial charge in [-0.1, -0.05) is 30.3 Å². The van der Waals surface area contributed by atoms with E-state index in [1.165, 1.54) is 17.1 Å². The molecule has 0 spiro atoms. The third kappa shape index (κ3) is 1.82. The smallest absolute Gasteiger partial charge is 0.220 e. The molecule has 0 bridgehead atoms. The van der Waals surface area contributed by atoms with Crippen molar-refractivity contribution in [3.8, 4) is 11.1 Å². The quantitative estimate of drug-likeness (QED) is 0.495. The number of aryl methyl sites for hydroxylation is 1. The predicted molar refractivity (Wildman–Crippen MR) is 83.7 cm³/mol. The Labute approximate surface area is 121 Å². The molecule has 0 atom stereocenters. The normalized spacial score (nSPS) is 11.3. The third-order valence-corrected chi connectivity index (χ3v) is 3.91. The first-order chi connectivity index (χ1) is 10.2. The Balaban J connectivity index is 2.01. The molecular formula is C18H13FN2. The van der Waals surface area contributed by atoms with Gasteiger partial charge in [-0.3, -0.25) is 0 Å². The molecule has 102 valence electrons. The number of H-pyrrole nitrogens is 1. The van der Waals surface area contributed by atoms with E-state index in [-0.39, 0.29) is 0 Å². The Morgan fingerprint density at radius 2 is 1.90 bits per heavy atom. The number of halogens is 1. The molecule has 3 heteroatoms. The van der Waals surface area contributed by atoms with E-state index in [0.717, 1.165) is 22.0 Å². The standard InChI is InChI=1S/C18H13FN2/c1-11-4-2-5-15-14-8-7-12(10-16(14)21-17(11)15)13-6-3-9-20-18(13)19/h2-10,21H,1H3. The van der Waals surface area contributed by atoms with Gasteiger partial charge in [0.15, 0.2) is 0 Å². The van der Waals surface area contributed by atoms with Crippen molar-refractivity contribution in [1.29, 1.82) is 0 Å². The molecular weight excluding hydrogens is 263 g/mol. The van der Waals surface area contributed by atoms with Crippen LogP contribution >= 0.6 is 0 Å². The zero-order chi connectivity index (χ0) is 14.4. The van der Waals surface area contributed by atoms with Gasteiger partial charge in [-0.25, -0.2) is 4.98 Å². The minimum Gasteiger partial charge on any atom is -0.354 e. The van der Waals surface area contributed by atoms with Gasteiger partial charge in [0.25, 0.3) is 0 Å². The van der Waals surface area contributed by atoms with E-state index in [4.69, 9.17) is 0 Å². The average Bonchev–Trinajstić information content (AvgIpc) is 2.87. The molecule has 2 heterocycles. The summed E-state index contributed by atoms with van der Waals surface area (Å²) in [4.78, 5) is 7.15. The summed E-state index contributed by atoms with van der Waals surface area (Å²) in [6.07, 6.45) is 1.46. The van der Waals surface area contributed by atoms with Crippen LogP contribution in [0.25, 0.3) is 32.9 Å². The molecule has 0 radical (unpaired) electrons. The molecule has 0 saturated heterocycles. The van der Waals surface area contributed by atoms with E-state index in [2.05, 4.69) is 35.1 Å². The first kappa shape index (κ1) is 12.1. The van der Waals surface area contributed by atoms with Crippen molar-refractivity contribution in [2.45, 2.75) is 6.92 Å². The average molecular weight is 276 g/mol. The minimum atomic E-state index is -0.441. The monoisotopic (exact) mass is 276 g/mol. The number of benzene rings is 2. The van der Waals surface area contributed by atoms with Crippen LogP contribution in [0.2, 0.25) is 0 Å². The molecule has 4 rings (SSSR count). The fraction of sp³-hybridized carbons (Fsp3) is 0.0556. The van der Waals surface area contributed by atoms with Gasteiger partial charge in [0.1, 0.15) is 0 Å². The second-order valence-corrected chi connectivity index (χ2v) is 5.22. The Kier molecular flexibility index (Phi) is 2.54. The molecule has 0 aliphatic rings. The van der Waals surface area contributed by atoms with Gasteiger partial charge in [0.05, 0.1) is 0 Å². The van der Waals surface area contributed by atoms with E-state index < -0.39 is 5.95 Å². The van der Waals surface area contributed by atoms with Crippen LogP contribution in [0.1, 0.15) is 5.56 Å². The molecule has 2 aromatic heterocycles. The molecule has 2 nitrogen and oxygen atoms in total. The van der Waals surface area contributed by atoms with E-state index >= 15 is 0 Å². The third-order valence-electron chi connectivity index (χ3n) is 3.91. The highest BCUT2D eigenvalue weighted by molar-refractivity contribution is 6.09. The zero-order valence-electron chi connectivity index (χ0n) is 11.5. The molecule has 1 N–H and O–H groups in total. The summed E-state index contributed by atoms with van der Waals surface area (Å²) in [5.74, 6) is -0.441. The molecule has 21 heavy (non-hydrogen) atoms. The van der Waals surface area contributed by atoms with Crippen LogP contribution in [0.3, 0.4) is 0 Å². The fourth-order valence-corrected chi connectivity index (χ4v) is 2.84. The van der Waals surface area contributed by atoms with E-state index in [9.17, 15) is 4.39 Å². The first-order valence-corrected chi connectivity index (χ1v) is 6.86. The number of hydrogen-bond acceptors (Lipinski definition) is 1. The van der Waals surface area contributed by atoms with Crippen molar-refractivity contribution in [3.05, 3.63) is 66.2 Å². The molecule has 0 aliphatic carbocycles. The summed E-state index contributed by atoms with van der Waals surface area (Å²) in [6.45, 7) is 2.08. The number of pyridine rings is 1. The van der Waals surface area contributed by atoms with Crippen LogP contribution in [-0.2, 0) is 0 Å². The largest absolute Gasteiger partial charge is 0.354 e. The van der Waals surface area contributed by atoms with Gasteiger partial charge >= 0.3 is 0 Å². The lowest BCUT2D eigenvalue weighted by Gasteiger charge is -2.02. The summed E-state index contributed by atoms with van der Waals surface area (Å²) >= 11 is 0. The maximum Gasteiger partial charge on any atom is 0.220 e. The van der Waals surface area contributed by atoms with Crippen LogP contribution in [0.5, 0.6) is 0 Å². The Morgan fingerprint density at radius 1 is 1.00 bits per heavy atom. The highest BCUT2D eigenvalue weighted by atomic mass is 19.1. The van der Waals surface area contributed by atoms with E-state index in [0.29, 0.717) is 5.56 Å². The number of rotatable bonds is 1. The molecule has 0 fully saturated rings. The lowest BCUT2D eigenvalue weighted by Crippen LogP contribution is -1.87. The minimum absolute atomic E-state index is 0.441. The van der Waals surface area contributed by atoms with Crippen LogP contribution in [0.15, 0.2) is 54.7 Å². The van der Waals surface area contributed by atoms with Crippen molar-refractivity contribution < 1.29 is 4.39 Å². The van der Waals surface area contributed by atoms with Crippen LogP contribution < -0.4 is 0 Å². The highest BCUT2D eigenvalue weighted by Gasteiger charge is 2.09. The number of hydrogen-bond donors (Lipinski definition) is 1. The predicted octanol–water partition coefficient (Wildman–Crippen LogP) is 4.83. The number of fused-ring (bicyclic) bond motifs is 3. The summed E-state index contributed by atoms with van der Waals surface area (Å²) in [7, 11) is 0. The number of aromatic nitrogens is 2. The molecule has 0 amide bonds. The number of nitrogens with one attached hydrogen (secondary N) is 1. The van der Waals surface area contributed by atoms with Crippen molar-refractivity contribution in [1.82, 2.24) is 9.97 Å². The topological polar surface area (TPSA) is 28.7 Å². The Morgan fingerprint density at radius 3 is 2.76 bits per heavy atom. The van der Waals surface area contributed by atoms with Crippen LogP contribution in [0.4, 0.5) is 4.39 Å². The van der Waals surface area contributed by atoms with Crippen LogP contribution in [-0.4, -0.2) is 9.97 Å². The van der Waals surface area contributed by atoms with Gasteiger partial charge in [-0.15, -0.1) is 0 Å². The molecule has 4 aromatic rings. The highest BCUT2D eigenvalue weighted by Crippen LogP contribution is 2.31. The maximum absolute atomic E-state index is 13.8. The summed E-state index contributed by atoms with van der Waals surface area (Å²) in [5.41, 5.74) is 4.71. The lowest BCUT2D eigenvalue weighted by atomic mass is 10.0. The Bertz CT molecular complexity index is 969. The van der Waals surface area contributed by atoms with E-state index in [1.54, 1.807) is 12.1 Å². The second-order valence-electron chi connectivity index (χ2n) is 5.22. The fourth-order valence-electron chi connectivity index (χ4n) is 2.84. The maximum atomic E-state index is 13.8. The first-order valence-electron chi connectivity index (χ1n) is 6.86. The molecule has 0 saturated carbocycles. The second kappa shape index (κ2) is 4.42. The van der Waals surface area contributed by atoms with Crippen molar-refractivity contribution in [3.63, 3.8) is 0 Å². The molecule has 0 aliphatic heterocycles. The van der Waals surface area contributed by atoms with Crippen LogP contribution in [0, 0.1) is 12.9 Å². The number of aromatic amines is 1. The van der Waals surface area contributed by atoms with Crippen molar-refractivity contribution in [2.75, 3.05) is 0 Å². The molecule has 0 unspecified atom stereocenters. The van der Waals surface area contributed by atoms with Crippen molar-refractivity contribution in [2.24, 2.45) is 0 Å². The lowest BCUT2D eigenvalue weighted by molar-refractivity contribution is 0.587. The van der Waals surface area contributed by atoms with Gasteiger partial charge in [0, 0.05) is 33.6 Å². The van der Waals surface area contributed by atoms with Gasteiger partial charge < -0.3 is 4.98 Å². The molecule has 2 aromatic carbocycles. The van der Waals surface area contributed by atoms with Crippen molar-refractivity contribution >= 4 is 21.8 Å². The summed E-state index contributed by atoms with van der Waals surface area (Å²) in [5, 5.41) is 2.35. The summed E-state index contributed by atoms with van der Waals surface area (Å²) in [6, 6.07) is 15.7. The SMILES string of the molecule is Cc1cccc2c1[nH]c1cc(-c3cccnc3F)ccc12. The Hall–Kier alpha value is -2.68. The number of para-hydroxylation sites is 1.